The number of halogens is 1. The lowest BCUT2D eigenvalue weighted by atomic mass is 10.0. The molecule has 1 aromatic rings. The lowest BCUT2D eigenvalue weighted by Crippen LogP contribution is -2.42. The van der Waals surface area contributed by atoms with E-state index in [1.807, 2.05) is 24.3 Å². The molecule has 0 aromatic heterocycles. The van der Waals surface area contributed by atoms with E-state index >= 15 is 0 Å². The van der Waals surface area contributed by atoms with Gasteiger partial charge in [-0.05, 0) is 38.1 Å². The van der Waals surface area contributed by atoms with Crippen molar-refractivity contribution in [2.24, 2.45) is 0 Å². The number of ether oxygens (including phenoxy) is 1. The van der Waals surface area contributed by atoms with E-state index in [1.54, 1.807) is 0 Å². The fourth-order valence-corrected chi connectivity index (χ4v) is 1.62. The number of likely N-dealkylation sites (N-methyl/N-ethyl adjacent to an activating group) is 1. The highest BCUT2D eigenvalue weighted by molar-refractivity contribution is 6.30. The van der Waals surface area contributed by atoms with Crippen molar-refractivity contribution in [2.45, 2.75) is 32.8 Å². The minimum absolute atomic E-state index is 0.180. The zero-order chi connectivity index (χ0) is 12.0. The van der Waals surface area contributed by atoms with Crippen LogP contribution in [0, 0.1) is 0 Å². The Morgan fingerprint density at radius 2 is 2.12 bits per heavy atom. The molecule has 2 nitrogen and oxygen atoms in total. The van der Waals surface area contributed by atoms with Crippen LogP contribution < -0.4 is 10.1 Å². The van der Waals surface area contributed by atoms with Crippen molar-refractivity contribution >= 4 is 11.6 Å². The van der Waals surface area contributed by atoms with Crippen LogP contribution in [0.25, 0.3) is 0 Å². The number of nitrogens with one attached hydrogen (secondary N) is 1. The molecule has 3 heteroatoms. The van der Waals surface area contributed by atoms with Gasteiger partial charge < -0.3 is 10.1 Å². The summed E-state index contributed by atoms with van der Waals surface area (Å²) in [6.45, 7) is 8.12. The van der Waals surface area contributed by atoms with Crippen molar-refractivity contribution in [3.63, 3.8) is 0 Å². The first-order chi connectivity index (χ1) is 7.59. The summed E-state index contributed by atoms with van der Waals surface area (Å²) in [5.41, 5.74) is -0.180. The summed E-state index contributed by atoms with van der Waals surface area (Å²) in [4.78, 5) is 0. The molecule has 0 radical (unpaired) electrons. The van der Waals surface area contributed by atoms with Gasteiger partial charge in [-0.1, -0.05) is 31.5 Å². The zero-order valence-electron chi connectivity index (χ0n) is 10.2. The summed E-state index contributed by atoms with van der Waals surface area (Å²) in [6.07, 6.45) is 0.951. The summed E-state index contributed by atoms with van der Waals surface area (Å²) < 4.78 is 5.99. The van der Waals surface area contributed by atoms with Crippen LogP contribution in [0.3, 0.4) is 0 Å². The van der Waals surface area contributed by atoms with E-state index in [1.165, 1.54) is 0 Å². The second-order valence-corrected chi connectivity index (χ2v) is 4.58. The van der Waals surface area contributed by atoms with Crippen LogP contribution in [-0.4, -0.2) is 18.7 Å². The lowest BCUT2D eigenvalue weighted by molar-refractivity contribution is 0.0842. The first-order valence-corrected chi connectivity index (χ1v) is 6.12. The molecule has 0 saturated carbocycles. The average molecular weight is 242 g/mol. The zero-order valence-corrected chi connectivity index (χ0v) is 11.0. The third-order valence-corrected chi connectivity index (χ3v) is 2.89. The summed E-state index contributed by atoms with van der Waals surface area (Å²) in [6, 6.07) is 7.54. The molecule has 1 rings (SSSR count). The monoisotopic (exact) mass is 241 g/mol. The SMILES string of the molecule is CCNCC(C)(CC)Oc1cccc(Cl)c1. The first-order valence-electron chi connectivity index (χ1n) is 5.75. The molecule has 90 valence electrons. The van der Waals surface area contributed by atoms with Crippen LogP contribution in [0.15, 0.2) is 24.3 Å². The Balaban J connectivity index is 2.68. The Bertz CT molecular complexity index is 329. The number of hydrogen-bond acceptors (Lipinski definition) is 2. The van der Waals surface area contributed by atoms with Crippen LogP contribution >= 0.6 is 11.6 Å². The predicted octanol–water partition coefficient (Wildman–Crippen LogP) is 3.50. The van der Waals surface area contributed by atoms with Crippen LogP contribution in [0.2, 0.25) is 5.02 Å². The molecule has 1 aromatic carbocycles. The summed E-state index contributed by atoms with van der Waals surface area (Å²) >= 11 is 5.93. The molecule has 0 aliphatic carbocycles. The van der Waals surface area contributed by atoms with Gasteiger partial charge in [0.25, 0.3) is 0 Å². The maximum Gasteiger partial charge on any atom is 0.121 e. The van der Waals surface area contributed by atoms with Crippen LogP contribution in [-0.2, 0) is 0 Å². The van der Waals surface area contributed by atoms with Gasteiger partial charge in [0.1, 0.15) is 11.4 Å². The van der Waals surface area contributed by atoms with E-state index in [9.17, 15) is 0 Å². The van der Waals surface area contributed by atoms with Gasteiger partial charge in [0.05, 0.1) is 0 Å². The van der Waals surface area contributed by atoms with E-state index in [-0.39, 0.29) is 5.60 Å². The largest absolute Gasteiger partial charge is 0.486 e. The van der Waals surface area contributed by atoms with Gasteiger partial charge >= 0.3 is 0 Å². The smallest absolute Gasteiger partial charge is 0.121 e. The molecule has 0 saturated heterocycles. The number of rotatable bonds is 6. The maximum atomic E-state index is 5.99. The molecule has 0 spiro atoms. The van der Waals surface area contributed by atoms with Gasteiger partial charge in [0.15, 0.2) is 0 Å². The number of hydrogen-bond donors (Lipinski definition) is 1. The van der Waals surface area contributed by atoms with Gasteiger partial charge in [-0.3, -0.25) is 0 Å². The molecular formula is C13H20ClNO. The van der Waals surface area contributed by atoms with Gasteiger partial charge in [0, 0.05) is 11.6 Å². The highest BCUT2D eigenvalue weighted by Crippen LogP contribution is 2.23. The summed E-state index contributed by atoms with van der Waals surface area (Å²) in [5, 5.41) is 4.02. The van der Waals surface area contributed by atoms with E-state index in [0.29, 0.717) is 5.02 Å². The van der Waals surface area contributed by atoms with Gasteiger partial charge in [-0.2, -0.15) is 0 Å². The van der Waals surface area contributed by atoms with Crippen molar-refractivity contribution in [2.75, 3.05) is 13.1 Å². The topological polar surface area (TPSA) is 21.3 Å². The molecule has 16 heavy (non-hydrogen) atoms. The standard InChI is InChI=1S/C13H20ClNO/c1-4-13(3,10-15-5-2)16-12-8-6-7-11(14)9-12/h6-9,15H,4-5,10H2,1-3H3. The minimum atomic E-state index is -0.180. The Kier molecular flexibility index (Phi) is 5.10. The third kappa shape index (κ3) is 4.03. The third-order valence-electron chi connectivity index (χ3n) is 2.66. The molecule has 1 N–H and O–H groups in total. The number of benzene rings is 1. The molecule has 0 aliphatic rings. The van der Waals surface area contributed by atoms with Crippen molar-refractivity contribution in [1.82, 2.24) is 5.32 Å². The fraction of sp³-hybridized carbons (Fsp3) is 0.538. The molecule has 0 heterocycles. The molecule has 1 atom stereocenters. The highest BCUT2D eigenvalue weighted by atomic mass is 35.5. The maximum absolute atomic E-state index is 5.99. The van der Waals surface area contributed by atoms with E-state index in [2.05, 4.69) is 26.1 Å². The second kappa shape index (κ2) is 6.12. The Labute approximate surface area is 103 Å². The van der Waals surface area contributed by atoms with Gasteiger partial charge in [-0.15, -0.1) is 0 Å². The minimum Gasteiger partial charge on any atom is -0.486 e. The van der Waals surface area contributed by atoms with Crippen molar-refractivity contribution < 1.29 is 4.74 Å². The van der Waals surface area contributed by atoms with E-state index in [0.717, 1.165) is 25.3 Å². The Hall–Kier alpha value is -0.730. The van der Waals surface area contributed by atoms with Crippen LogP contribution in [0.4, 0.5) is 0 Å². The fourth-order valence-electron chi connectivity index (χ4n) is 1.44. The highest BCUT2D eigenvalue weighted by Gasteiger charge is 2.23. The summed E-state index contributed by atoms with van der Waals surface area (Å²) in [5.74, 6) is 0.828. The molecular weight excluding hydrogens is 222 g/mol. The molecule has 0 amide bonds. The van der Waals surface area contributed by atoms with Gasteiger partial charge in [0.2, 0.25) is 0 Å². The van der Waals surface area contributed by atoms with Crippen molar-refractivity contribution in [1.29, 1.82) is 0 Å². The second-order valence-electron chi connectivity index (χ2n) is 4.14. The van der Waals surface area contributed by atoms with Gasteiger partial charge in [-0.25, -0.2) is 0 Å². The lowest BCUT2D eigenvalue weighted by Gasteiger charge is -2.30. The van der Waals surface area contributed by atoms with E-state index in [4.69, 9.17) is 16.3 Å². The van der Waals surface area contributed by atoms with Crippen molar-refractivity contribution in [3.05, 3.63) is 29.3 Å². The Morgan fingerprint density at radius 3 is 2.69 bits per heavy atom. The predicted molar refractivity (Wildman–Crippen MR) is 69.3 cm³/mol. The normalized spacial score (nSPS) is 14.5. The van der Waals surface area contributed by atoms with E-state index < -0.39 is 0 Å². The molecule has 0 aliphatic heterocycles. The molecule has 0 bridgehead atoms. The van der Waals surface area contributed by atoms with Crippen LogP contribution in [0.5, 0.6) is 5.75 Å². The summed E-state index contributed by atoms with van der Waals surface area (Å²) in [7, 11) is 0. The average Bonchev–Trinajstić information content (AvgIpc) is 2.26. The first kappa shape index (κ1) is 13.3. The quantitative estimate of drug-likeness (QED) is 0.823. The van der Waals surface area contributed by atoms with Crippen molar-refractivity contribution in [3.8, 4) is 5.75 Å². The molecule has 0 fully saturated rings. The Morgan fingerprint density at radius 1 is 1.38 bits per heavy atom. The van der Waals surface area contributed by atoms with Crippen LogP contribution in [0.1, 0.15) is 27.2 Å². The molecule has 1 unspecified atom stereocenters.